The number of methoxy groups -OCH3 is 1. The van der Waals surface area contributed by atoms with E-state index in [0.717, 1.165) is 40.1 Å². The number of aromatic nitrogens is 1. The molecule has 0 fully saturated rings. The van der Waals surface area contributed by atoms with Crippen molar-refractivity contribution in [2.24, 2.45) is 0 Å². The van der Waals surface area contributed by atoms with E-state index in [0.29, 0.717) is 23.2 Å². The van der Waals surface area contributed by atoms with Gasteiger partial charge in [-0.25, -0.2) is 4.98 Å². The Morgan fingerprint density at radius 2 is 1.94 bits per heavy atom. The minimum Gasteiger partial charge on any atom is -0.494 e. The normalized spacial score (nSPS) is 12.2. The van der Waals surface area contributed by atoms with Gasteiger partial charge in [0.2, 0.25) is 12.7 Å². The number of nitrogens with zero attached hydrogens (tertiary/aromatic N) is 3. The molecule has 7 nitrogen and oxygen atoms in total. The van der Waals surface area contributed by atoms with Gasteiger partial charge in [0.05, 0.1) is 18.2 Å². The Morgan fingerprint density at radius 1 is 1.16 bits per heavy atom. The third kappa shape index (κ3) is 5.09. The molecule has 3 aromatic rings. The minimum atomic E-state index is 0. The molecule has 0 radical (unpaired) electrons. The largest absolute Gasteiger partial charge is 0.494 e. The van der Waals surface area contributed by atoms with Gasteiger partial charge in [0.1, 0.15) is 11.3 Å². The van der Waals surface area contributed by atoms with E-state index < -0.39 is 0 Å². The Kier molecular flexibility index (Phi) is 7.82. The lowest BCUT2D eigenvalue weighted by atomic mass is 10.1. The molecule has 1 aliphatic rings. The van der Waals surface area contributed by atoms with Gasteiger partial charge in [-0.3, -0.25) is 9.69 Å². The number of fused-ring (bicyclic) bond motifs is 2. The molecule has 0 N–H and O–H groups in total. The van der Waals surface area contributed by atoms with Gasteiger partial charge in [0.15, 0.2) is 16.6 Å². The van der Waals surface area contributed by atoms with Crippen molar-refractivity contribution in [3.8, 4) is 17.2 Å². The first-order valence-corrected chi connectivity index (χ1v) is 11.1. The summed E-state index contributed by atoms with van der Waals surface area (Å²) in [5, 5.41) is 0.701. The summed E-state index contributed by atoms with van der Waals surface area (Å²) in [6.07, 6.45) is 1.12. The summed E-state index contributed by atoms with van der Waals surface area (Å²) in [7, 11) is 5.71. The predicted molar refractivity (Wildman–Crippen MR) is 130 cm³/mol. The van der Waals surface area contributed by atoms with Crippen LogP contribution in [0.1, 0.15) is 17.5 Å². The van der Waals surface area contributed by atoms with Gasteiger partial charge >= 0.3 is 0 Å². The van der Waals surface area contributed by atoms with Gasteiger partial charge in [-0.1, -0.05) is 23.5 Å². The molecule has 32 heavy (non-hydrogen) atoms. The standard InChI is InChI=1S/C23H27N3O4S.ClH/c1-15-6-8-18(28-4)21-22(15)31-23(24-21)26(11-5-10-25(2)3)20(27)13-16-7-9-17-19(12-16)30-14-29-17;/h6-9,12H,5,10-11,13-14H2,1-4H3;1H. The maximum atomic E-state index is 13.4. The Balaban J connectivity index is 0.00000289. The van der Waals surface area contributed by atoms with Crippen molar-refractivity contribution in [3.05, 3.63) is 41.5 Å². The lowest BCUT2D eigenvalue weighted by Crippen LogP contribution is -2.34. The highest BCUT2D eigenvalue weighted by atomic mass is 35.5. The van der Waals surface area contributed by atoms with Crippen molar-refractivity contribution >= 4 is 45.0 Å². The van der Waals surface area contributed by atoms with E-state index in [1.807, 2.05) is 44.4 Å². The van der Waals surface area contributed by atoms with Crippen LogP contribution in [0.15, 0.2) is 30.3 Å². The monoisotopic (exact) mass is 477 g/mol. The fourth-order valence-electron chi connectivity index (χ4n) is 3.57. The smallest absolute Gasteiger partial charge is 0.233 e. The number of halogens is 1. The molecule has 0 bridgehead atoms. The number of ether oxygens (including phenoxy) is 3. The fraction of sp³-hybridized carbons (Fsp3) is 0.391. The molecule has 9 heteroatoms. The molecular formula is C23H28ClN3O4S. The number of rotatable bonds is 8. The number of carbonyl (C=O) groups is 1. The zero-order chi connectivity index (χ0) is 22.0. The summed E-state index contributed by atoms with van der Waals surface area (Å²) < 4.78 is 17.4. The summed E-state index contributed by atoms with van der Waals surface area (Å²) in [5.74, 6) is 2.13. The highest BCUT2D eigenvalue weighted by Gasteiger charge is 2.23. The second-order valence-electron chi connectivity index (χ2n) is 7.83. The quantitative estimate of drug-likeness (QED) is 0.482. The molecule has 0 atom stereocenters. The van der Waals surface area contributed by atoms with Crippen LogP contribution in [0.3, 0.4) is 0 Å². The molecule has 1 aromatic heterocycles. The van der Waals surface area contributed by atoms with Crippen molar-refractivity contribution in [1.29, 1.82) is 0 Å². The Labute approximate surface area is 198 Å². The SMILES string of the molecule is COc1ccc(C)c2sc(N(CCCN(C)C)C(=O)Cc3ccc4c(c3)OCO4)nc12.Cl. The molecule has 2 heterocycles. The van der Waals surface area contributed by atoms with Crippen molar-refractivity contribution in [1.82, 2.24) is 9.88 Å². The van der Waals surface area contributed by atoms with Crippen molar-refractivity contribution in [2.45, 2.75) is 19.8 Å². The van der Waals surface area contributed by atoms with Crippen LogP contribution in [0.4, 0.5) is 5.13 Å². The summed E-state index contributed by atoms with van der Waals surface area (Å²) in [6.45, 7) is 3.76. The first-order chi connectivity index (χ1) is 15.0. The average Bonchev–Trinajstić information content (AvgIpc) is 3.38. The number of anilines is 1. The molecule has 4 rings (SSSR count). The number of thiazole rings is 1. The minimum absolute atomic E-state index is 0. The van der Waals surface area contributed by atoms with E-state index in [9.17, 15) is 4.79 Å². The third-order valence-corrected chi connectivity index (χ3v) is 6.44. The van der Waals surface area contributed by atoms with Gasteiger partial charge in [-0.15, -0.1) is 12.4 Å². The number of benzene rings is 2. The van der Waals surface area contributed by atoms with E-state index in [4.69, 9.17) is 19.2 Å². The van der Waals surface area contributed by atoms with Crippen molar-refractivity contribution in [2.75, 3.05) is 46.0 Å². The van der Waals surface area contributed by atoms with Crippen LogP contribution < -0.4 is 19.1 Å². The maximum absolute atomic E-state index is 13.4. The van der Waals surface area contributed by atoms with Crippen LogP contribution >= 0.6 is 23.7 Å². The average molecular weight is 478 g/mol. The number of hydrogen-bond donors (Lipinski definition) is 0. The molecule has 0 spiro atoms. The summed E-state index contributed by atoms with van der Waals surface area (Å²) in [4.78, 5) is 22.1. The van der Waals surface area contributed by atoms with Gasteiger partial charge in [0, 0.05) is 6.54 Å². The Bertz CT molecular complexity index is 1100. The van der Waals surface area contributed by atoms with Crippen LogP contribution in [-0.4, -0.2) is 56.9 Å². The topological polar surface area (TPSA) is 64.1 Å². The lowest BCUT2D eigenvalue weighted by molar-refractivity contribution is -0.118. The van der Waals surface area contributed by atoms with Crippen LogP contribution in [0.2, 0.25) is 0 Å². The van der Waals surface area contributed by atoms with Crippen LogP contribution in [-0.2, 0) is 11.2 Å². The van der Waals surface area contributed by atoms with Crippen molar-refractivity contribution in [3.63, 3.8) is 0 Å². The number of carbonyl (C=O) groups excluding carboxylic acids is 1. The lowest BCUT2D eigenvalue weighted by Gasteiger charge is -2.21. The molecule has 1 aliphatic heterocycles. The van der Waals surface area contributed by atoms with Gasteiger partial charge in [0.25, 0.3) is 0 Å². The molecule has 172 valence electrons. The second-order valence-corrected chi connectivity index (χ2v) is 8.80. The Morgan fingerprint density at radius 3 is 2.69 bits per heavy atom. The molecule has 0 unspecified atom stereocenters. The van der Waals surface area contributed by atoms with Crippen LogP contribution in [0.25, 0.3) is 10.2 Å². The molecule has 0 saturated carbocycles. The van der Waals surface area contributed by atoms with Crippen molar-refractivity contribution < 1.29 is 19.0 Å². The van der Waals surface area contributed by atoms with Crippen LogP contribution in [0, 0.1) is 6.92 Å². The first kappa shape index (κ1) is 24.1. The summed E-state index contributed by atoms with van der Waals surface area (Å²) >= 11 is 1.54. The Hall–Kier alpha value is -2.55. The van der Waals surface area contributed by atoms with E-state index >= 15 is 0 Å². The highest BCUT2D eigenvalue weighted by molar-refractivity contribution is 7.22. The predicted octanol–water partition coefficient (Wildman–Crippen LogP) is 4.29. The molecule has 1 amide bonds. The van der Waals surface area contributed by atoms with Gasteiger partial charge < -0.3 is 19.1 Å². The summed E-state index contributed by atoms with van der Waals surface area (Å²) in [5.41, 5.74) is 2.81. The van der Waals surface area contributed by atoms with Gasteiger partial charge in [-0.05, 0) is 63.3 Å². The van der Waals surface area contributed by atoms with E-state index in [-0.39, 0.29) is 31.5 Å². The maximum Gasteiger partial charge on any atom is 0.233 e. The zero-order valence-electron chi connectivity index (χ0n) is 18.7. The van der Waals surface area contributed by atoms with Crippen LogP contribution in [0.5, 0.6) is 17.2 Å². The molecular weight excluding hydrogens is 450 g/mol. The zero-order valence-corrected chi connectivity index (χ0v) is 20.3. The molecule has 2 aromatic carbocycles. The molecule has 0 saturated heterocycles. The number of amides is 1. The second kappa shape index (κ2) is 10.4. The summed E-state index contributed by atoms with van der Waals surface area (Å²) in [6, 6.07) is 9.59. The number of aryl methyl sites for hydroxylation is 1. The molecule has 0 aliphatic carbocycles. The van der Waals surface area contributed by atoms with Gasteiger partial charge in [-0.2, -0.15) is 0 Å². The third-order valence-electron chi connectivity index (χ3n) is 5.22. The first-order valence-electron chi connectivity index (χ1n) is 10.2. The van der Waals surface area contributed by atoms with E-state index in [1.54, 1.807) is 12.0 Å². The van der Waals surface area contributed by atoms with E-state index in [2.05, 4.69) is 11.8 Å². The number of hydrogen-bond acceptors (Lipinski definition) is 7. The fourth-order valence-corrected chi connectivity index (χ4v) is 4.67. The van der Waals surface area contributed by atoms with E-state index in [1.165, 1.54) is 11.3 Å². The highest BCUT2D eigenvalue weighted by Crippen LogP contribution is 2.37.